The van der Waals surface area contributed by atoms with Gasteiger partial charge in [0.05, 0.1) is 11.6 Å². The van der Waals surface area contributed by atoms with Crippen LogP contribution in [0.2, 0.25) is 5.02 Å². The van der Waals surface area contributed by atoms with Crippen molar-refractivity contribution in [2.24, 2.45) is 0 Å². The molecule has 1 aliphatic heterocycles. The van der Waals surface area contributed by atoms with Crippen molar-refractivity contribution in [2.75, 3.05) is 13.2 Å². The summed E-state index contributed by atoms with van der Waals surface area (Å²) in [6, 6.07) is 0.252. The van der Waals surface area contributed by atoms with Crippen LogP contribution in [0.15, 0.2) is 10.8 Å². The zero-order chi connectivity index (χ0) is 9.26. The van der Waals surface area contributed by atoms with Crippen molar-refractivity contribution >= 4 is 29.0 Å². The van der Waals surface area contributed by atoms with E-state index in [0.717, 1.165) is 17.1 Å². The Morgan fingerprint density at radius 3 is 3.00 bits per heavy atom. The molecule has 1 aromatic heterocycles. The van der Waals surface area contributed by atoms with Crippen LogP contribution in [0.5, 0.6) is 0 Å². The van der Waals surface area contributed by atoms with Crippen LogP contribution < -0.4 is 0 Å². The number of nitrogens with one attached hydrogen (secondary N) is 1. The van der Waals surface area contributed by atoms with Gasteiger partial charge in [-0.25, -0.2) is 0 Å². The average Bonchev–Trinajstić information content (AvgIpc) is 2.65. The minimum atomic E-state index is 0.252. The Balaban J connectivity index is 2.06. The van der Waals surface area contributed by atoms with Gasteiger partial charge in [0.25, 0.3) is 6.02 Å². The molecule has 0 atom stereocenters. The summed E-state index contributed by atoms with van der Waals surface area (Å²) in [5.74, 6) is 0. The third-order valence-corrected chi connectivity index (χ3v) is 3.21. The summed E-state index contributed by atoms with van der Waals surface area (Å²) < 4.78 is 5.02. The van der Waals surface area contributed by atoms with E-state index in [0.29, 0.717) is 13.2 Å². The Kier molecular flexibility index (Phi) is 2.42. The fourth-order valence-electron chi connectivity index (χ4n) is 1.22. The number of rotatable bonds is 2. The fourth-order valence-corrected chi connectivity index (χ4v) is 2.26. The third kappa shape index (κ3) is 1.78. The second-order valence-corrected chi connectivity index (χ2v) is 3.97. The smallest absolute Gasteiger partial charge is 0.284 e. The zero-order valence-electron chi connectivity index (χ0n) is 6.92. The summed E-state index contributed by atoms with van der Waals surface area (Å²) in [5.41, 5.74) is 1.07. The van der Waals surface area contributed by atoms with Crippen molar-refractivity contribution in [1.29, 1.82) is 5.41 Å². The zero-order valence-corrected chi connectivity index (χ0v) is 8.49. The summed E-state index contributed by atoms with van der Waals surface area (Å²) in [4.78, 5) is 1.87. The third-order valence-electron chi connectivity index (χ3n) is 1.94. The van der Waals surface area contributed by atoms with Gasteiger partial charge in [0.15, 0.2) is 0 Å². The number of amidine groups is 1. The van der Waals surface area contributed by atoms with Crippen LogP contribution in [0.25, 0.3) is 0 Å². The van der Waals surface area contributed by atoms with E-state index in [1.165, 1.54) is 0 Å². The first kappa shape index (κ1) is 8.84. The molecule has 1 aliphatic rings. The van der Waals surface area contributed by atoms with E-state index in [-0.39, 0.29) is 6.02 Å². The lowest BCUT2D eigenvalue weighted by atomic mass is 10.3. The van der Waals surface area contributed by atoms with Crippen molar-refractivity contribution in [3.8, 4) is 0 Å². The molecule has 3 nitrogen and oxygen atoms in total. The van der Waals surface area contributed by atoms with E-state index in [4.69, 9.17) is 21.7 Å². The molecule has 0 aliphatic carbocycles. The second-order valence-electron chi connectivity index (χ2n) is 2.82. The second kappa shape index (κ2) is 3.55. The van der Waals surface area contributed by atoms with E-state index in [1.54, 1.807) is 11.3 Å². The van der Waals surface area contributed by atoms with Crippen LogP contribution in [-0.2, 0) is 11.3 Å². The minimum Gasteiger partial charge on any atom is -0.463 e. The van der Waals surface area contributed by atoms with Crippen LogP contribution in [0.4, 0.5) is 0 Å². The fraction of sp³-hybridized carbons (Fsp3) is 0.375. The molecule has 0 unspecified atom stereocenters. The van der Waals surface area contributed by atoms with Crippen molar-refractivity contribution in [1.82, 2.24) is 4.90 Å². The number of ether oxygens (including phenoxy) is 1. The topological polar surface area (TPSA) is 36.3 Å². The summed E-state index contributed by atoms with van der Waals surface area (Å²) in [6.07, 6.45) is 0. The summed E-state index contributed by atoms with van der Waals surface area (Å²) in [6.45, 7) is 2.08. The quantitative estimate of drug-likeness (QED) is 0.823. The van der Waals surface area contributed by atoms with Gasteiger partial charge in [0.1, 0.15) is 6.61 Å². The van der Waals surface area contributed by atoms with Crippen LogP contribution >= 0.6 is 22.9 Å². The first-order valence-electron chi connectivity index (χ1n) is 3.94. The predicted octanol–water partition coefficient (Wildman–Crippen LogP) is 2.17. The lowest BCUT2D eigenvalue weighted by Crippen LogP contribution is -2.23. The molecule has 0 radical (unpaired) electrons. The highest BCUT2D eigenvalue weighted by Gasteiger charge is 2.19. The molecule has 1 fully saturated rings. The predicted molar refractivity (Wildman–Crippen MR) is 53.4 cm³/mol. The lowest BCUT2D eigenvalue weighted by Gasteiger charge is -2.13. The van der Waals surface area contributed by atoms with Crippen molar-refractivity contribution in [2.45, 2.75) is 6.54 Å². The van der Waals surface area contributed by atoms with Crippen molar-refractivity contribution in [3.05, 3.63) is 21.3 Å². The van der Waals surface area contributed by atoms with Gasteiger partial charge >= 0.3 is 0 Å². The van der Waals surface area contributed by atoms with Crippen molar-refractivity contribution in [3.63, 3.8) is 0 Å². The Bertz CT molecular complexity index is 326. The summed E-state index contributed by atoms with van der Waals surface area (Å²) in [7, 11) is 0. The molecule has 1 saturated heterocycles. The van der Waals surface area contributed by atoms with Crippen molar-refractivity contribution < 1.29 is 4.74 Å². The van der Waals surface area contributed by atoms with Crippen LogP contribution in [0.1, 0.15) is 5.56 Å². The highest BCUT2D eigenvalue weighted by atomic mass is 35.5. The number of halogens is 1. The molecular formula is C8H9ClN2OS. The molecule has 0 spiro atoms. The largest absolute Gasteiger partial charge is 0.463 e. The van der Waals surface area contributed by atoms with Gasteiger partial charge in [0.2, 0.25) is 0 Å². The minimum absolute atomic E-state index is 0.252. The maximum absolute atomic E-state index is 7.44. The molecule has 0 aromatic carbocycles. The van der Waals surface area contributed by atoms with Gasteiger partial charge < -0.3 is 9.64 Å². The van der Waals surface area contributed by atoms with Gasteiger partial charge in [0, 0.05) is 17.5 Å². The molecule has 70 valence electrons. The Morgan fingerprint density at radius 1 is 1.62 bits per heavy atom. The molecule has 0 saturated carbocycles. The van der Waals surface area contributed by atoms with Gasteiger partial charge in [-0.1, -0.05) is 11.6 Å². The summed E-state index contributed by atoms with van der Waals surface area (Å²) >= 11 is 7.52. The van der Waals surface area contributed by atoms with Crippen LogP contribution in [-0.4, -0.2) is 24.1 Å². The molecule has 13 heavy (non-hydrogen) atoms. The molecule has 1 aromatic rings. The average molecular weight is 217 g/mol. The molecule has 1 N–H and O–H groups in total. The first-order valence-corrected chi connectivity index (χ1v) is 5.26. The van der Waals surface area contributed by atoms with E-state index >= 15 is 0 Å². The molecule has 0 amide bonds. The monoisotopic (exact) mass is 216 g/mol. The molecule has 2 heterocycles. The van der Waals surface area contributed by atoms with Gasteiger partial charge in [-0.15, -0.1) is 0 Å². The highest BCUT2D eigenvalue weighted by molar-refractivity contribution is 7.08. The Hall–Kier alpha value is -0.740. The summed E-state index contributed by atoms with van der Waals surface area (Å²) in [5, 5.41) is 12.1. The number of hydrogen-bond acceptors (Lipinski definition) is 3. The van der Waals surface area contributed by atoms with E-state index in [9.17, 15) is 0 Å². The van der Waals surface area contributed by atoms with Crippen LogP contribution in [0, 0.1) is 5.41 Å². The van der Waals surface area contributed by atoms with Gasteiger partial charge in [-0.3, -0.25) is 5.41 Å². The molecular weight excluding hydrogens is 208 g/mol. The standard InChI is InChI=1S/C8H9ClN2OS/c9-7-5-13-4-6(7)3-11-1-2-12-8(11)10/h4-5,10H,1-3H2. The van der Waals surface area contributed by atoms with Gasteiger partial charge in [-0.05, 0) is 5.38 Å². The van der Waals surface area contributed by atoms with Crippen LogP contribution in [0.3, 0.4) is 0 Å². The van der Waals surface area contributed by atoms with E-state index in [1.807, 2.05) is 15.7 Å². The molecule has 2 rings (SSSR count). The maximum atomic E-state index is 7.44. The molecule has 0 bridgehead atoms. The molecule has 5 heteroatoms. The normalized spacial score (nSPS) is 16.4. The van der Waals surface area contributed by atoms with E-state index < -0.39 is 0 Å². The number of thiophene rings is 1. The Morgan fingerprint density at radius 2 is 2.46 bits per heavy atom. The Labute approximate surface area is 85.4 Å². The number of hydrogen-bond donors (Lipinski definition) is 1. The van der Waals surface area contributed by atoms with E-state index in [2.05, 4.69) is 0 Å². The SMILES string of the molecule is N=C1OCCN1Cc1cscc1Cl. The lowest BCUT2D eigenvalue weighted by molar-refractivity contribution is 0.348. The maximum Gasteiger partial charge on any atom is 0.284 e. The highest BCUT2D eigenvalue weighted by Crippen LogP contribution is 2.22. The first-order chi connectivity index (χ1) is 6.27. The van der Waals surface area contributed by atoms with Gasteiger partial charge in [-0.2, -0.15) is 11.3 Å². The number of nitrogens with zero attached hydrogens (tertiary/aromatic N) is 1.